The summed E-state index contributed by atoms with van der Waals surface area (Å²) in [5, 5.41) is 16.4. The van der Waals surface area contributed by atoms with E-state index >= 15 is 0 Å². The molecule has 0 spiro atoms. The lowest BCUT2D eigenvalue weighted by molar-refractivity contribution is -0.114. The van der Waals surface area contributed by atoms with E-state index in [9.17, 15) is 4.79 Å². The summed E-state index contributed by atoms with van der Waals surface area (Å²) >= 11 is 1.45. The Balaban J connectivity index is 1.47. The van der Waals surface area contributed by atoms with E-state index in [1.165, 1.54) is 36.0 Å². The van der Waals surface area contributed by atoms with Gasteiger partial charge in [-0.25, -0.2) is 0 Å². The molecule has 33 heavy (non-hydrogen) atoms. The largest absolute Gasteiger partial charge is 0.497 e. The SMILES string of the molecule is COc1cccc(-n2c(C)cc(/C=C3/C(=N)N4N=C(C5CCCCC5)SC4=NC3=O)c2C)c1. The Labute approximate surface area is 197 Å². The third-order valence-electron chi connectivity index (χ3n) is 6.51. The van der Waals surface area contributed by atoms with Gasteiger partial charge in [-0.1, -0.05) is 25.3 Å². The van der Waals surface area contributed by atoms with Crippen molar-refractivity contribution < 1.29 is 9.53 Å². The molecule has 0 bridgehead atoms. The van der Waals surface area contributed by atoms with E-state index in [0.29, 0.717) is 11.1 Å². The van der Waals surface area contributed by atoms with Gasteiger partial charge in [0.25, 0.3) is 5.91 Å². The summed E-state index contributed by atoms with van der Waals surface area (Å²) in [4.78, 5) is 17.2. The maximum Gasteiger partial charge on any atom is 0.283 e. The van der Waals surface area contributed by atoms with E-state index in [0.717, 1.165) is 46.3 Å². The summed E-state index contributed by atoms with van der Waals surface area (Å²) in [5.74, 6) is 0.901. The quantitative estimate of drug-likeness (QED) is 0.626. The standard InChI is InChI=1S/C25H27N5O2S/c1-15-12-18(16(2)29(15)19-10-7-11-20(14-19)32-3)13-21-22(26)30-25(27-23(21)31)33-24(28-30)17-8-5-4-6-9-17/h7,10-14,17,26H,4-6,8-9H2,1-3H3/b21-13-,26-22?. The first-order chi connectivity index (χ1) is 16.0. The number of rotatable bonds is 4. The Bertz CT molecular complexity index is 1230. The first-order valence-corrected chi connectivity index (χ1v) is 12.1. The van der Waals surface area contributed by atoms with Gasteiger partial charge in [-0.2, -0.15) is 15.1 Å². The molecule has 1 aromatic carbocycles. The maximum atomic E-state index is 12.9. The van der Waals surface area contributed by atoms with Gasteiger partial charge in [-0.05, 0) is 68.3 Å². The third kappa shape index (κ3) is 3.93. The minimum atomic E-state index is -0.384. The number of amides is 1. The number of hydrazone groups is 1. The number of aryl methyl sites for hydroxylation is 1. The number of aromatic nitrogens is 1. The Morgan fingerprint density at radius 3 is 2.73 bits per heavy atom. The van der Waals surface area contributed by atoms with Gasteiger partial charge in [-0.15, -0.1) is 0 Å². The minimum Gasteiger partial charge on any atom is -0.497 e. The molecule has 1 aromatic heterocycles. The van der Waals surface area contributed by atoms with Gasteiger partial charge < -0.3 is 9.30 Å². The molecule has 0 saturated heterocycles. The Morgan fingerprint density at radius 2 is 1.97 bits per heavy atom. The van der Waals surface area contributed by atoms with Gasteiger partial charge in [0.2, 0.25) is 5.17 Å². The van der Waals surface area contributed by atoms with Gasteiger partial charge in [-0.3, -0.25) is 10.2 Å². The zero-order chi connectivity index (χ0) is 23.1. The van der Waals surface area contributed by atoms with E-state index in [1.54, 1.807) is 13.2 Å². The highest BCUT2D eigenvalue weighted by atomic mass is 32.2. The molecule has 1 fully saturated rings. The van der Waals surface area contributed by atoms with Crippen LogP contribution in [0.5, 0.6) is 5.75 Å². The monoisotopic (exact) mass is 461 g/mol. The summed E-state index contributed by atoms with van der Waals surface area (Å²) < 4.78 is 7.49. The number of hydrogen-bond acceptors (Lipinski definition) is 5. The summed E-state index contributed by atoms with van der Waals surface area (Å²) in [5.41, 5.74) is 4.13. The van der Waals surface area contributed by atoms with Crippen molar-refractivity contribution in [3.63, 3.8) is 0 Å². The lowest BCUT2D eigenvalue weighted by atomic mass is 9.90. The van der Waals surface area contributed by atoms with Crippen molar-refractivity contribution in [3.8, 4) is 11.4 Å². The zero-order valence-electron chi connectivity index (χ0n) is 19.1. The average molecular weight is 462 g/mol. The molecule has 1 amide bonds. The van der Waals surface area contributed by atoms with Crippen LogP contribution < -0.4 is 4.74 Å². The molecule has 5 rings (SSSR count). The molecule has 8 heteroatoms. The number of thioether (sulfide) groups is 1. The minimum absolute atomic E-state index is 0.0921. The molecule has 3 aliphatic rings. The number of carbonyl (C=O) groups is 1. The highest BCUT2D eigenvalue weighted by Crippen LogP contribution is 2.36. The topological polar surface area (TPSA) is 83.0 Å². The number of carbonyl (C=O) groups excluding carboxylic acids is 1. The van der Waals surface area contributed by atoms with Crippen molar-refractivity contribution in [2.45, 2.75) is 46.0 Å². The van der Waals surface area contributed by atoms with Crippen LogP contribution in [0, 0.1) is 25.2 Å². The third-order valence-corrected chi connectivity index (χ3v) is 7.58. The van der Waals surface area contributed by atoms with E-state index in [2.05, 4.69) is 9.56 Å². The molecule has 0 atom stereocenters. The number of amidine groups is 2. The van der Waals surface area contributed by atoms with E-state index in [4.69, 9.17) is 15.2 Å². The van der Waals surface area contributed by atoms with Crippen LogP contribution in [0.15, 0.2) is 46.0 Å². The molecule has 7 nitrogen and oxygen atoms in total. The van der Waals surface area contributed by atoms with Gasteiger partial charge in [0.05, 0.1) is 12.7 Å². The van der Waals surface area contributed by atoms with Crippen molar-refractivity contribution >= 4 is 39.8 Å². The number of methoxy groups -OCH3 is 1. The van der Waals surface area contributed by atoms with Crippen molar-refractivity contribution in [1.29, 1.82) is 5.41 Å². The Kier molecular flexibility index (Phi) is 5.70. The van der Waals surface area contributed by atoms with Gasteiger partial charge in [0.1, 0.15) is 10.8 Å². The molecule has 1 N–H and O–H groups in total. The van der Waals surface area contributed by atoms with Crippen LogP contribution in [0.25, 0.3) is 11.8 Å². The molecular weight excluding hydrogens is 434 g/mol. The Morgan fingerprint density at radius 1 is 1.18 bits per heavy atom. The van der Waals surface area contributed by atoms with Crippen LogP contribution in [0.4, 0.5) is 0 Å². The molecular formula is C25H27N5O2S. The van der Waals surface area contributed by atoms with Crippen molar-refractivity contribution in [2.75, 3.05) is 7.11 Å². The van der Waals surface area contributed by atoms with Crippen molar-refractivity contribution in [1.82, 2.24) is 9.58 Å². The molecule has 0 radical (unpaired) electrons. The number of ether oxygens (including phenoxy) is 1. The summed E-state index contributed by atoms with van der Waals surface area (Å²) in [6.07, 6.45) is 7.69. The second-order valence-corrected chi connectivity index (χ2v) is 9.64. The fourth-order valence-electron chi connectivity index (χ4n) is 4.76. The van der Waals surface area contributed by atoms with Gasteiger partial charge in [0.15, 0.2) is 5.84 Å². The zero-order valence-corrected chi connectivity index (χ0v) is 19.9. The lowest BCUT2D eigenvalue weighted by Crippen LogP contribution is -2.35. The van der Waals surface area contributed by atoms with Crippen molar-refractivity contribution in [3.05, 3.63) is 52.9 Å². The smallest absolute Gasteiger partial charge is 0.283 e. The molecule has 2 aliphatic heterocycles. The van der Waals surface area contributed by atoms with Crippen LogP contribution >= 0.6 is 11.8 Å². The van der Waals surface area contributed by atoms with Crippen molar-refractivity contribution in [2.24, 2.45) is 16.0 Å². The summed E-state index contributed by atoms with van der Waals surface area (Å²) in [6, 6.07) is 9.89. The molecule has 2 aromatic rings. The second kappa shape index (κ2) is 8.67. The number of fused-ring (bicyclic) bond motifs is 1. The van der Waals surface area contributed by atoms with Gasteiger partial charge >= 0.3 is 0 Å². The molecule has 3 heterocycles. The van der Waals surface area contributed by atoms with Crippen LogP contribution in [0.2, 0.25) is 0 Å². The van der Waals surface area contributed by atoms with Crippen LogP contribution in [-0.4, -0.2) is 38.6 Å². The number of nitrogens with one attached hydrogen (secondary N) is 1. The molecule has 1 aliphatic carbocycles. The lowest BCUT2D eigenvalue weighted by Gasteiger charge is -2.20. The average Bonchev–Trinajstić information content (AvgIpc) is 3.37. The number of benzene rings is 1. The number of hydrogen-bond donors (Lipinski definition) is 1. The fraction of sp³-hybridized carbons (Fsp3) is 0.360. The van der Waals surface area contributed by atoms with E-state index < -0.39 is 0 Å². The first-order valence-electron chi connectivity index (χ1n) is 11.3. The maximum absolute atomic E-state index is 12.9. The highest BCUT2D eigenvalue weighted by Gasteiger charge is 2.38. The predicted octanol–water partition coefficient (Wildman–Crippen LogP) is 5.30. The van der Waals surface area contributed by atoms with E-state index in [-0.39, 0.29) is 17.3 Å². The highest BCUT2D eigenvalue weighted by molar-refractivity contribution is 8.27. The number of nitrogens with zero attached hydrogens (tertiary/aromatic N) is 4. The summed E-state index contributed by atoms with van der Waals surface area (Å²) in [6.45, 7) is 4.03. The predicted molar refractivity (Wildman–Crippen MR) is 133 cm³/mol. The first kappa shape index (κ1) is 21.7. The van der Waals surface area contributed by atoms with Crippen LogP contribution in [-0.2, 0) is 4.79 Å². The number of aliphatic imine (C=N–C) groups is 1. The molecule has 1 saturated carbocycles. The van der Waals surface area contributed by atoms with Crippen LogP contribution in [0.1, 0.15) is 49.1 Å². The molecule has 170 valence electrons. The molecule has 0 unspecified atom stereocenters. The summed E-state index contributed by atoms with van der Waals surface area (Å²) in [7, 11) is 1.65. The Hall–Kier alpha value is -3.13. The van der Waals surface area contributed by atoms with Gasteiger partial charge in [0, 0.05) is 29.1 Å². The second-order valence-electron chi connectivity index (χ2n) is 8.66. The normalized spacial score (nSPS) is 20.2. The van der Waals surface area contributed by atoms with Crippen LogP contribution in [0.3, 0.4) is 0 Å². The fourth-order valence-corrected chi connectivity index (χ4v) is 5.82. The van der Waals surface area contributed by atoms with E-state index in [1.807, 2.05) is 44.2 Å².